The number of esters is 1. The molecule has 2 aromatic carbocycles. The van der Waals surface area contributed by atoms with Crippen LogP contribution >= 0.6 is 23.1 Å². The largest absolute Gasteiger partial charge is 0.493 e. The minimum atomic E-state index is -0.217. The van der Waals surface area contributed by atoms with Gasteiger partial charge >= 0.3 is 5.97 Å². The monoisotopic (exact) mass is 429 g/mol. The van der Waals surface area contributed by atoms with Crippen LogP contribution in [0.4, 0.5) is 0 Å². The zero-order valence-corrected chi connectivity index (χ0v) is 18.1. The molecule has 5 nitrogen and oxygen atoms in total. The van der Waals surface area contributed by atoms with Gasteiger partial charge in [-0.2, -0.15) is 0 Å². The molecule has 0 spiro atoms. The quantitative estimate of drug-likeness (QED) is 0.316. The summed E-state index contributed by atoms with van der Waals surface area (Å²) >= 11 is 3.15. The maximum atomic E-state index is 12.0. The van der Waals surface area contributed by atoms with Crippen molar-refractivity contribution in [2.45, 2.75) is 24.8 Å². The van der Waals surface area contributed by atoms with Crippen LogP contribution in [-0.2, 0) is 16.1 Å². The van der Waals surface area contributed by atoms with Gasteiger partial charge in [0.2, 0.25) is 0 Å². The number of carbonyl (C=O) groups is 1. The summed E-state index contributed by atoms with van der Waals surface area (Å²) in [6.07, 6.45) is 0.368. The van der Waals surface area contributed by atoms with E-state index in [2.05, 4.69) is 4.98 Å². The lowest BCUT2D eigenvalue weighted by Gasteiger charge is -2.09. The van der Waals surface area contributed by atoms with Crippen LogP contribution in [0.2, 0.25) is 0 Å². The Bertz CT molecular complexity index is 928. The Labute approximate surface area is 179 Å². The maximum absolute atomic E-state index is 12.0. The van der Waals surface area contributed by atoms with Gasteiger partial charge < -0.3 is 14.2 Å². The molecule has 3 aromatic rings. The number of aromatic nitrogens is 1. The molecule has 1 aromatic heterocycles. The third-order valence-corrected chi connectivity index (χ3v) is 5.92. The first-order valence-electron chi connectivity index (χ1n) is 9.28. The number of methoxy groups -OCH3 is 1. The molecule has 0 saturated heterocycles. The van der Waals surface area contributed by atoms with Crippen LogP contribution < -0.4 is 9.47 Å². The van der Waals surface area contributed by atoms with Gasteiger partial charge in [-0.3, -0.25) is 4.79 Å². The molecule has 0 aliphatic rings. The number of carbonyl (C=O) groups excluding carboxylic acids is 1. The molecule has 0 aliphatic carbocycles. The standard InChI is InChI=1S/C22H23NO4S2/c1-3-26-19-10-9-16(13-20(19)25-2)22-23-17(15-29-22)14-27-21(24)11-12-28-18-7-5-4-6-8-18/h4-10,13,15H,3,11-12,14H2,1-2H3. The lowest BCUT2D eigenvalue weighted by molar-refractivity contribution is -0.144. The molecule has 0 N–H and O–H groups in total. The molecule has 152 valence electrons. The third kappa shape index (κ3) is 6.24. The van der Waals surface area contributed by atoms with E-state index < -0.39 is 0 Å². The van der Waals surface area contributed by atoms with Gasteiger partial charge in [-0.25, -0.2) is 4.98 Å². The molecule has 0 atom stereocenters. The van der Waals surface area contributed by atoms with Gasteiger partial charge in [0.15, 0.2) is 11.5 Å². The summed E-state index contributed by atoms with van der Waals surface area (Å²) in [5, 5.41) is 2.75. The first-order chi connectivity index (χ1) is 14.2. The van der Waals surface area contributed by atoms with Gasteiger partial charge in [0, 0.05) is 21.6 Å². The number of hydrogen-bond donors (Lipinski definition) is 0. The molecular formula is C22H23NO4S2. The number of thiazole rings is 1. The number of ether oxygens (including phenoxy) is 3. The van der Waals surface area contributed by atoms with Gasteiger partial charge in [-0.05, 0) is 37.3 Å². The van der Waals surface area contributed by atoms with Gasteiger partial charge in [-0.1, -0.05) is 18.2 Å². The third-order valence-electron chi connectivity index (χ3n) is 3.96. The summed E-state index contributed by atoms with van der Waals surface area (Å²) in [6.45, 7) is 2.69. The first-order valence-corrected chi connectivity index (χ1v) is 11.1. The Morgan fingerprint density at radius 1 is 1.14 bits per heavy atom. The molecule has 0 fully saturated rings. The second-order valence-electron chi connectivity index (χ2n) is 6.01. The lowest BCUT2D eigenvalue weighted by atomic mass is 10.2. The predicted octanol–water partition coefficient (Wildman–Crippen LogP) is 5.44. The highest BCUT2D eigenvalue weighted by atomic mass is 32.2. The fourth-order valence-electron chi connectivity index (χ4n) is 2.58. The van der Waals surface area contributed by atoms with Crippen molar-refractivity contribution in [1.82, 2.24) is 4.98 Å². The van der Waals surface area contributed by atoms with Crippen molar-refractivity contribution < 1.29 is 19.0 Å². The molecule has 0 bridgehead atoms. The van der Waals surface area contributed by atoms with Crippen LogP contribution in [0.5, 0.6) is 11.5 Å². The van der Waals surface area contributed by atoms with Crippen molar-refractivity contribution in [2.75, 3.05) is 19.5 Å². The van der Waals surface area contributed by atoms with E-state index in [1.54, 1.807) is 18.9 Å². The van der Waals surface area contributed by atoms with Gasteiger partial charge in [0.1, 0.15) is 11.6 Å². The van der Waals surface area contributed by atoms with Gasteiger partial charge in [-0.15, -0.1) is 23.1 Å². The second kappa shape index (κ2) is 10.9. The molecule has 0 aliphatic heterocycles. The predicted molar refractivity (Wildman–Crippen MR) is 117 cm³/mol. The van der Waals surface area contributed by atoms with Crippen molar-refractivity contribution in [3.63, 3.8) is 0 Å². The summed E-state index contributed by atoms with van der Waals surface area (Å²) in [4.78, 5) is 17.7. The van der Waals surface area contributed by atoms with E-state index >= 15 is 0 Å². The van der Waals surface area contributed by atoms with Crippen LogP contribution in [-0.4, -0.2) is 30.4 Å². The van der Waals surface area contributed by atoms with Crippen LogP contribution in [0.1, 0.15) is 19.0 Å². The maximum Gasteiger partial charge on any atom is 0.307 e. The van der Waals surface area contributed by atoms with E-state index in [1.807, 2.05) is 60.8 Å². The fourth-order valence-corrected chi connectivity index (χ4v) is 4.23. The molecule has 29 heavy (non-hydrogen) atoms. The van der Waals surface area contributed by atoms with Gasteiger partial charge in [0.05, 0.1) is 25.8 Å². The molecule has 0 saturated carbocycles. The molecule has 0 amide bonds. The van der Waals surface area contributed by atoms with Crippen LogP contribution in [0.15, 0.2) is 58.8 Å². The first kappa shape index (κ1) is 21.2. The Morgan fingerprint density at radius 2 is 1.97 bits per heavy atom. The van der Waals surface area contributed by atoms with Crippen molar-refractivity contribution in [3.8, 4) is 22.1 Å². The second-order valence-corrected chi connectivity index (χ2v) is 8.04. The molecule has 1 heterocycles. The Balaban J connectivity index is 1.50. The van der Waals surface area contributed by atoms with Crippen molar-refractivity contribution in [1.29, 1.82) is 0 Å². The summed E-state index contributed by atoms with van der Waals surface area (Å²) in [5.74, 6) is 1.85. The molecule has 0 radical (unpaired) electrons. The minimum absolute atomic E-state index is 0.180. The highest BCUT2D eigenvalue weighted by molar-refractivity contribution is 7.99. The lowest BCUT2D eigenvalue weighted by Crippen LogP contribution is -2.05. The molecule has 7 heteroatoms. The number of thioether (sulfide) groups is 1. The zero-order chi connectivity index (χ0) is 20.5. The summed E-state index contributed by atoms with van der Waals surface area (Å²) in [7, 11) is 1.62. The zero-order valence-electron chi connectivity index (χ0n) is 16.4. The number of rotatable bonds is 10. The van der Waals surface area contributed by atoms with Crippen molar-refractivity contribution in [2.24, 2.45) is 0 Å². The number of hydrogen-bond acceptors (Lipinski definition) is 7. The Morgan fingerprint density at radius 3 is 2.72 bits per heavy atom. The topological polar surface area (TPSA) is 57.7 Å². The van der Waals surface area contributed by atoms with E-state index in [0.717, 1.165) is 21.2 Å². The molecule has 0 unspecified atom stereocenters. The van der Waals surface area contributed by atoms with Crippen molar-refractivity contribution in [3.05, 3.63) is 59.6 Å². The average Bonchev–Trinajstić information content (AvgIpc) is 3.23. The highest BCUT2D eigenvalue weighted by Crippen LogP contribution is 2.33. The van der Waals surface area contributed by atoms with Crippen molar-refractivity contribution >= 4 is 29.1 Å². The van der Waals surface area contributed by atoms with E-state index in [0.29, 0.717) is 30.3 Å². The molecule has 3 rings (SSSR count). The van der Waals surface area contributed by atoms with E-state index in [1.165, 1.54) is 11.3 Å². The van der Waals surface area contributed by atoms with Crippen LogP contribution in [0.3, 0.4) is 0 Å². The van der Waals surface area contributed by atoms with E-state index in [9.17, 15) is 4.79 Å². The number of nitrogens with zero attached hydrogens (tertiary/aromatic N) is 1. The van der Waals surface area contributed by atoms with E-state index in [4.69, 9.17) is 14.2 Å². The minimum Gasteiger partial charge on any atom is -0.493 e. The SMILES string of the molecule is CCOc1ccc(-c2nc(COC(=O)CCSc3ccccc3)cs2)cc1OC. The number of benzene rings is 2. The normalized spacial score (nSPS) is 10.6. The Hall–Kier alpha value is -2.51. The van der Waals surface area contributed by atoms with E-state index in [-0.39, 0.29) is 12.6 Å². The summed E-state index contributed by atoms with van der Waals surface area (Å²) in [6, 6.07) is 15.7. The summed E-state index contributed by atoms with van der Waals surface area (Å²) in [5.41, 5.74) is 1.68. The van der Waals surface area contributed by atoms with Crippen LogP contribution in [0.25, 0.3) is 10.6 Å². The fraction of sp³-hybridized carbons (Fsp3) is 0.273. The smallest absolute Gasteiger partial charge is 0.307 e. The van der Waals surface area contributed by atoms with Crippen LogP contribution in [0, 0.1) is 0 Å². The molecular weight excluding hydrogens is 406 g/mol. The average molecular weight is 430 g/mol. The summed E-state index contributed by atoms with van der Waals surface area (Å²) < 4.78 is 16.3. The highest BCUT2D eigenvalue weighted by Gasteiger charge is 2.11. The van der Waals surface area contributed by atoms with Gasteiger partial charge in [0.25, 0.3) is 0 Å². The Kier molecular flexibility index (Phi) is 7.95.